The first kappa shape index (κ1) is 7.71. The summed E-state index contributed by atoms with van der Waals surface area (Å²) >= 11 is 0. The van der Waals surface area contributed by atoms with Crippen LogP contribution >= 0.6 is 0 Å². The summed E-state index contributed by atoms with van der Waals surface area (Å²) < 4.78 is 1.61. The third-order valence-corrected chi connectivity index (χ3v) is 1.71. The van der Waals surface area contributed by atoms with Crippen molar-refractivity contribution in [3.8, 4) is 0 Å². The first-order valence-electron chi connectivity index (χ1n) is 3.84. The Labute approximate surface area is 73.8 Å². The number of anilines is 2. The molecule has 13 heavy (non-hydrogen) atoms. The third-order valence-electron chi connectivity index (χ3n) is 1.71. The van der Waals surface area contributed by atoms with Gasteiger partial charge in [-0.3, -0.25) is 0 Å². The zero-order valence-electron chi connectivity index (χ0n) is 7.10. The van der Waals surface area contributed by atoms with Crippen molar-refractivity contribution in [2.45, 2.75) is 13.5 Å². The van der Waals surface area contributed by atoms with E-state index in [1.807, 2.05) is 6.92 Å². The molecular formula is C6H9N7. The molecule has 0 fully saturated rings. The molecule has 0 aliphatic carbocycles. The molecule has 4 N–H and O–H groups in total. The van der Waals surface area contributed by atoms with Crippen LogP contribution in [0.2, 0.25) is 0 Å². The summed E-state index contributed by atoms with van der Waals surface area (Å²) in [6.07, 6.45) is 0. The number of hydrogen-bond acceptors (Lipinski definition) is 6. The lowest BCUT2D eigenvalue weighted by molar-refractivity contribution is 0.641. The Balaban J connectivity index is 2.82. The average Bonchev–Trinajstić information content (AvgIpc) is 2.47. The Hall–Kier alpha value is -1.92. The van der Waals surface area contributed by atoms with Crippen LogP contribution in [0.15, 0.2) is 0 Å². The quantitative estimate of drug-likeness (QED) is 0.605. The molecule has 0 aromatic carbocycles. The van der Waals surface area contributed by atoms with Crippen LogP contribution in [0.5, 0.6) is 0 Å². The second-order valence-corrected chi connectivity index (χ2v) is 2.54. The van der Waals surface area contributed by atoms with Crippen molar-refractivity contribution in [1.82, 2.24) is 25.0 Å². The number of aromatic nitrogens is 5. The standard InChI is InChI=1S/C6H9N7/c1-2-13-5-3(11-12-13)4(7)9-6(8)10-5/h2H2,1H3,(H4,7,8,9,10). The second-order valence-electron chi connectivity index (χ2n) is 2.54. The maximum Gasteiger partial charge on any atom is 0.224 e. The molecule has 2 rings (SSSR count). The molecule has 7 nitrogen and oxygen atoms in total. The molecule has 0 aliphatic rings. The number of nitrogens with zero attached hydrogens (tertiary/aromatic N) is 5. The Bertz CT molecular complexity index is 445. The Kier molecular flexibility index (Phi) is 1.51. The lowest BCUT2D eigenvalue weighted by Crippen LogP contribution is -2.03. The topological polar surface area (TPSA) is 109 Å². The summed E-state index contributed by atoms with van der Waals surface area (Å²) in [6, 6.07) is 0. The highest BCUT2D eigenvalue weighted by molar-refractivity contribution is 5.81. The van der Waals surface area contributed by atoms with E-state index >= 15 is 0 Å². The fourth-order valence-corrected chi connectivity index (χ4v) is 1.11. The molecular weight excluding hydrogens is 170 g/mol. The Morgan fingerprint density at radius 2 is 2.08 bits per heavy atom. The second kappa shape index (κ2) is 2.54. The molecule has 0 amide bonds. The van der Waals surface area contributed by atoms with Gasteiger partial charge in [0.05, 0.1) is 0 Å². The summed E-state index contributed by atoms with van der Waals surface area (Å²) in [5.74, 6) is 0.407. The van der Waals surface area contributed by atoms with E-state index in [4.69, 9.17) is 11.5 Å². The first-order chi connectivity index (χ1) is 6.22. The maximum atomic E-state index is 5.58. The number of nitrogens with two attached hydrogens (primary N) is 2. The summed E-state index contributed by atoms with van der Waals surface area (Å²) in [6.45, 7) is 2.61. The van der Waals surface area contributed by atoms with E-state index in [1.165, 1.54) is 0 Å². The minimum absolute atomic E-state index is 0.141. The van der Waals surface area contributed by atoms with Crippen molar-refractivity contribution < 1.29 is 0 Å². The van der Waals surface area contributed by atoms with Crippen LogP contribution in [-0.4, -0.2) is 25.0 Å². The molecule has 0 bridgehead atoms. The van der Waals surface area contributed by atoms with Crippen LogP contribution < -0.4 is 11.5 Å². The lowest BCUT2D eigenvalue weighted by Gasteiger charge is -1.97. The molecule has 0 saturated carbocycles. The zero-order valence-corrected chi connectivity index (χ0v) is 7.10. The SMILES string of the molecule is CCn1nnc2c(N)nc(N)nc21. The van der Waals surface area contributed by atoms with Gasteiger partial charge >= 0.3 is 0 Å². The van der Waals surface area contributed by atoms with Crippen molar-refractivity contribution in [1.29, 1.82) is 0 Å². The van der Waals surface area contributed by atoms with Gasteiger partial charge in [0.1, 0.15) is 0 Å². The van der Waals surface area contributed by atoms with Crippen molar-refractivity contribution in [2.24, 2.45) is 0 Å². The van der Waals surface area contributed by atoms with Crippen molar-refractivity contribution in [3.63, 3.8) is 0 Å². The predicted molar refractivity (Wildman–Crippen MR) is 47.6 cm³/mol. The van der Waals surface area contributed by atoms with Crippen molar-refractivity contribution >= 4 is 22.9 Å². The van der Waals surface area contributed by atoms with E-state index < -0.39 is 0 Å². The molecule has 2 heterocycles. The molecule has 2 aromatic heterocycles. The fourth-order valence-electron chi connectivity index (χ4n) is 1.11. The van der Waals surface area contributed by atoms with Gasteiger partial charge in [0.2, 0.25) is 5.95 Å². The van der Waals surface area contributed by atoms with Crippen LogP contribution in [0.1, 0.15) is 6.92 Å². The van der Waals surface area contributed by atoms with Gasteiger partial charge in [-0.25, -0.2) is 4.68 Å². The van der Waals surface area contributed by atoms with Crippen LogP contribution in [0.4, 0.5) is 11.8 Å². The third kappa shape index (κ3) is 1.05. The highest BCUT2D eigenvalue weighted by atomic mass is 15.4. The lowest BCUT2D eigenvalue weighted by atomic mass is 10.5. The minimum Gasteiger partial charge on any atom is -0.382 e. The number of nitrogen functional groups attached to an aromatic ring is 2. The van der Waals surface area contributed by atoms with E-state index in [1.54, 1.807) is 4.68 Å². The minimum atomic E-state index is 0.141. The van der Waals surface area contributed by atoms with Gasteiger partial charge in [-0.1, -0.05) is 5.21 Å². The van der Waals surface area contributed by atoms with Gasteiger partial charge in [0, 0.05) is 6.54 Å². The van der Waals surface area contributed by atoms with E-state index in [0.717, 1.165) is 0 Å². The van der Waals surface area contributed by atoms with E-state index in [0.29, 0.717) is 17.7 Å². The van der Waals surface area contributed by atoms with E-state index in [-0.39, 0.29) is 11.8 Å². The van der Waals surface area contributed by atoms with Crippen LogP contribution in [0.3, 0.4) is 0 Å². The number of rotatable bonds is 1. The van der Waals surface area contributed by atoms with Gasteiger partial charge in [-0.15, -0.1) is 5.10 Å². The summed E-state index contributed by atoms with van der Waals surface area (Å²) in [5, 5.41) is 7.68. The fraction of sp³-hybridized carbons (Fsp3) is 0.333. The van der Waals surface area contributed by atoms with Crippen LogP contribution in [0.25, 0.3) is 11.2 Å². The molecule has 0 atom stereocenters. The van der Waals surface area contributed by atoms with Crippen molar-refractivity contribution in [3.05, 3.63) is 0 Å². The van der Waals surface area contributed by atoms with Gasteiger partial charge in [0.25, 0.3) is 0 Å². The summed E-state index contributed by atoms with van der Waals surface area (Å²) in [4.78, 5) is 7.77. The van der Waals surface area contributed by atoms with Crippen LogP contribution in [0, 0.1) is 0 Å². The molecule has 0 unspecified atom stereocenters. The normalized spacial score (nSPS) is 10.8. The number of aryl methyl sites for hydroxylation is 1. The highest BCUT2D eigenvalue weighted by Gasteiger charge is 2.09. The van der Waals surface area contributed by atoms with Gasteiger partial charge in [0.15, 0.2) is 17.0 Å². The molecule has 68 valence electrons. The van der Waals surface area contributed by atoms with Gasteiger partial charge < -0.3 is 11.5 Å². The molecule has 2 aromatic rings. The van der Waals surface area contributed by atoms with E-state index in [9.17, 15) is 0 Å². The largest absolute Gasteiger partial charge is 0.382 e. The molecule has 0 spiro atoms. The van der Waals surface area contributed by atoms with Gasteiger partial charge in [-0.05, 0) is 6.92 Å². The summed E-state index contributed by atoms with van der Waals surface area (Å²) in [7, 11) is 0. The number of hydrogen-bond donors (Lipinski definition) is 2. The Morgan fingerprint density at radius 3 is 2.77 bits per heavy atom. The Morgan fingerprint density at radius 1 is 1.31 bits per heavy atom. The maximum absolute atomic E-state index is 5.58. The van der Waals surface area contributed by atoms with Gasteiger partial charge in [-0.2, -0.15) is 9.97 Å². The summed E-state index contributed by atoms with van der Waals surface area (Å²) in [5.41, 5.74) is 12.1. The molecule has 7 heteroatoms. The molecule has 0 aliphatic heterocycles. The first-order valence-corrected chi connectivity index (χ1v) is 3.84. The van der Waals surface area contributed by atoms with Crippen LogP contribution in [-0.2, 0) is 6.54 Å². The van der Waals surface area contributed by atoms with E-state index in [2.05, 4.69) is 20.3 Å². The zero-order chi connectivity index (χ0) is 9.42. The number of fused-ring (bicyclic) bond motifs is 1. The van der Waals surface area contributed by atoms with Crippen molar-refractivity contribution in [2.75, 3.05) is 11.5 Å². The predicted octanol–water partition coefficient (Wildman–Crippen LogP) is -0.594. The average molecular weight is 179 g/mol. The highest BCUT2D eigenvalue weighted by Crippen LogP contribution is 2.14. The smallest absolute Gasteiger partial charge is 0.224 e. The monoisotopic (exact) mass is 179 g/mol. The molecule has 0 saturated heterocycles. The molecule has 0 radical (unpaired) electrons.